The zero-order valence-electron chi connectivity index (χ0n) is 10.6. The Balaban J connectivity index is 0.00000200. The number of hydrogen-bond acceptors (Lipinski definition) is 5. The van der Waals surface area contributed by atoms with E-state index in [1.54, 1.807) is 0 Å². The van der Waals surface area contributed by atoms with Crippen LogP contribution >= 0.6 is 12.4 Å². The summed E-state index contributed by atoms with van der Waals surface area (Å²) in [5.41, 5.74) is -0.404. The van der Waals surface area contributed by atoms with Crippen LogP contribution in [0.1, 0.15) is 12.8 Å². The second-order valence-electron chi connectivity index (χ2n) is 4.39. The van der Waals surface area contributed by atoms with E-state index < -0.39 is 20.6 Å². The van der Waals surface area contributed by atoms with Crippen molar-refractivity contribution in [1.29, 1.82) is 0 Å². The molecule has 0 bridgehead atoms. The minimum Gasteiger partial charge on any atom is -0.315 e. The standard InChI is InChI=1S/C11H15N3O4S.ClH/c15-14(16)10-5-1-2-6-11(10)19(17,18)13-9-4-3-7-12-8-9;/h1-2,5-6,9,12-13H,3-4,7-8H2;1H/t9-;/m1./s1. The third-order valence-electron chi connectivity index (χ3n) is 2.97. The Morgan fingerprint density at radius 2 is 2.05 bits per heavy atom. The van der Waals surface area contributed by atoms with E-state index >= 15 is 0 Å². The smallest absolute Gasteiger partial charge is 0.289 e. The van der Waals surface area contributed by atoms with Gasteiger partial charge in [-0.15, -0.1) is 12.4 Å². The van der Waals surface area contributed by atoms with Crippen molar-refractivity contribution in [3.63, 3.8) is 0 Å². The van der Waals surface area contributed by atoms with Gasteiger partial charge in [0.1, 0.15) is 0 Å². The topological polar surface area (TPSA) is 101 Å². The summed E-state index contributed by atoms with van der Waals surface area (Å²) in [5, 5.41) is 13.9. The lowest BCUT2D eigenvalue weighted by atomic mass is 10.1. The number of sulfonamides is 1. The molecule has 1 saturated heterocycles. The molecule has 1 aliphatic heterocycles. The lowest BCUT2D eigenvalue weighted by molar-refractivity contribution is -0.387. The number of nitro benzene ring substituents is 1. The van der Waals surface area contributed by atoms with Crippen LogP contribution in [0.3, 0.4) is 0 Å². The van der Waals surface area contributed by atoms with Crippen molar-refractivity contribution < 1.29 is 13.3 Å². The van der Waals surface area contributed by atoms with Crippen LogP contribution in [0, 0.1) is 10.1 Å². The van der Waals surface area contributed by atoms with Crippen molar-refractivity contribution in [1.82, 2.24) is 10.0 Å². The molecule has 0 spiro atoms. The van der Waals surface area contributed by atoms with Crippen molar-refractivity contribution in [3.8, 4) is 0 Å². The minimum absolute atomic E-state index is 0. The van der Waals surface area contributed by atoms with Gasteiger partial charge in [-0.25, -0.2) is 13.1 Å². The van der Waals surface area contributed by atoms with Crippen molar-refractivity contribution in [2.24, 2.45) is 0 Å². The highest BCUT2D eigenvalue weighted by molar-refractivity contribution is 7.89. The lowest BCUT2D eigenvalue weighted by Crippen LogP contribution is -2.45. The van der Waals surface area contributed by atoms with Crippen LogP contribution in [0.15, 0.2) is 29.2 Å². The number of halogens is 1. The van der Waals surface area contributed by atoms with E-state index in [4.69, 9.17) is 0 Å². The first-order valence-electron chi connectivity index (χ1n) is 5.97. The third kappa shape index (κ3) is 3.89. The SMILES string of the molecule is Cl.O=[N+]([O-])c1ccccc1S(=O)(=O)N[C@@H]1CCCNC1. The highest BCUT2D eigenvalue weighted by Gasteiger charge is 2.28. The van der Waals surface area contributed by atoms with Gasteiger partial charge < -0.3 is 5.32 Å². The average Bonchev–Trinajstić information content (AvgIpc) is 2.39. The van der Waals surface area contributed by atoms with Crippen LogP contribution in [0.25, 0.3) is 0 Å². The second kappa shape index (κ2) is 6.98. The molecule has 1 fully saturated rings. The quantitative estimate of drug-likeness (QED) is 0.637. The van der Waals surface area contributed by atoms with Gasteiger partial charge in [-0.3, -0.25) is 10.1 Å². The molecule has 7 nitrogen and oxygen atoms in total. The molecule has 20 heavy (non-hydrogen) atoms. The van der Waals surface area contributed by atoms with E-state index in [2.05, 4.69) is 10.0 Å². The van der Waals surface area contributed by atoms with Crippen molar-refractivity contribution in [2.75, 3.05) is 13.1 Å². The molecule has 0 amide bonds. The lowest BCUT2D eigenvalue weighted by Gasteiger charge is -2.23. The van der Waals surface area contributed by atoms with Crippen molar-refractivity contribution in [2.45, 2.75) is 23.8 Å². The number of para-hydroxylation sites is 1. The number of rotatable bonds is 4. The first-order chi connectivity index (χ1) is 9.00. The maximum atomic E-state index is 12.2. The molecular weight excluding hydrogens is 306 g/mol. The molecule has 0 unspecified atom stereocenters. The van der Waals surface area contributed by atoms with E-state index in [1.165, 1.54) is 24.3 Å². The average molecular weight is 322 g/mol. The number of piperidine rings is 1. The Kier molecular flexibility index (Phi) is 5.88. The third-order valence-corrected chi connectivity index (χ3v) is 4.54. The Morgan fingerprint density at radius 3 is 2.65 bits per heavy atom. The maximum absolute atomic E-state index is 12.2. The fourth-order valence-corrected chi connectivity index (χ4v) is 3.51. The molecule has 112 valence electrons. The van der Waals surface area contributed by atoms with E-state index in [0.29, 0.717) is 6.54 Å². The van der Waals surface area contributed by atoms with Crippen LogP contribution in [-0.4, -0.2) is 32.5 Å². The molecule has 1 aliphatic rings. The first kappa shape index (κ1) is 16.8. The van der Waals surface area contributed by atoms with Gasteiger partial charge in [-0.1, -0.05) is 12.1 Å². The number of benzene rings is 1. The second-order valence-corrected chi connectivity index (χ2v) is 6.07. The number of hydrogen-bond donors (Lipinski definition) is 2. The van der Waals surface area contributed by atoms with Gasteiger partial charge in [0.15, 0.2) is 4.90 Å². The molecule has 1 heterocycles. The highest BCUT2D eigenvalue weighted by Crippen LogP contribution is 2.23. The van der Waals surface area contributed by atoms with Gasteiger partial charge in [0.05, 0.1) is 4.92 Å². The molecule has 2 rings (SSSR count). The predicted octanol–water partition coefficient (Wildman–Crippen LogP) is 1.05. The molecule has 1 aromatic rings. The molecule has 0 aromatic heterocycles. The number of nitrogens with zero attached hydrogens (tertiary/aromatic N) is 1. The largest absolute Gasteiger partial charge is 0.315 e. The summed E-state index contributed by atoms with van der Waals surface area (Å²) in [6, 6.07) is 5.13. The van der Waals surface area contributed by atoms with E-state index in [9.17, 15) is 18.5 Å². The monoisotopic (exact) mass is 321 g/mol. The maximum Gasteiger partial charge on any atom is 0.289 e. The predicted molar refractivity (Wildman–Crippen MR) is 76.6 cm³/mol. The highest BCUT2D eigenvalue weighted by atomic mass is 35.5. The molecule has 1 atom stereocenters. The van der Waals surface area contributed by atoms with Gasteiger partial charge in [-0.2, -0.15) is 0 Å². The molecule has 0 radical (unpaired) electrons. The van der Waals surface area contributed by atoms with Crippen LogP contribution in [0.2, 0.25) is 0 Å². The molecule has 2 N–H and O–H groups in total. The molecule has 0 saturated carbocycles. The molecular formula is C11H16ClN3O4S. The summed E-state index contributed by atoms with van der Waals surface area (Å²) in [7, 11) is -3.87. The summed E-state index contributed by atoms with van der Waals surface area (Å²) in [6.07, 6.45) is 1.61. The number of nitro groups is 1. The Hall–Kier alpha value is -1.22. The summed E-state index contributed by atoms with van der Waals surface area (Å²) < 4.78 is 26.9. The van der Waals surface area contributed by atoms with Crippen LogP contribution in [0.4, 0.5) is 5.69 Å². The Bertz CT molecular complexity index is 573. The minimum atomic E-state index is -3.87. The zero-order valence-corrected chi connectivity index (χ0v) is 12.2. The van der Waals surface area contributed by atoms with Gasteiger partial charge in [0.25, 0.3) is 5.69 Å². The van der Waals surface area contributed by atoms with Crippen LogP contribution in [-0.2, 0) is 10.0 Å². The summed E-state index contributed by atoms with van der Waals surface area (Å²) in [5.74, 6) is 0. The van der Waals surface area contributed by atoms with E-state index in [1.807, 2.05) is 0 Å². The fourth-order valence-electron chi connectivity index (χ4n) is 2.07. The molecule has 1 aromatic carbocycles. The Morgan fingerprint density at radius 1 is 1.35 bits per heavy atom. The summed E-state index contributed by atoms with van der Waals surface area (Å²) in [6.45, 7) is 1.41. The zero-order chi connectivity index (χ0) is 13.9. The van der Waals surface area contributed by atoms with Crippen molar-refractivity contribution >= 4 is 28.1 Å². The van der Waals surface area contributed by atoms with Crippen LogP contribution in [0.5, 0.6) is 0 Å². The van der Waals surface area contributed by atoms with E-state index in [0.717, 1.165) is 19.4 Å². The van der Waals surface area contributed by atoms with Gasteiger partial charge in [-0.05, 0) is 25.5 Å². The Labute approximate surface area is 123 Å². The number of nitrogens with one attached hydrogen (secondary N) is 2. The fraction of sp³-hybridized carbons (Fsp3) is 0.455. The van der Waals surface area contributed by atoms with Gasteiger partial charge in [0.2, 0.25) is 10.0 Å². The van der Waals surface area contributed by atoms with Crippen LogP contribution < -0.4 is 10.0 Å². The van der Waals surface area contributed by atoms with Crippen molar-refractivity contribution in [3.05, 3.63) is 34.4 Å². The first-order valence-corrected chi connectivity index (χ1v) is 7.45. The molecule has 0 aliphatic carbocycles. The normalized spacial score (nSPS) is 19.1. The van der Waals surface area contributed by atoms with Gasteiger partial charge >= 0.3 is 0 Å². The summed E-state index contributed by atoms with van der Waals surface area (Å²) >= 11 is 0. The summed E-state index contributed by atoms with van der Waals surface area (Å²) in [4.78, 5) is 9.89. The van der Waals surface area contributed by atoms with E-state index in [-0.39, 0.29) is 23.3 Å². The molecule has 9 heteroatoms. The van der Waals surface area contributed by atoms with Gasteiger partial charge in [0, 0.05) is 18.7 Å².